The van der Waals surface area contributed by atoms with Gasteiger partial charge in [-0.2, -0.15) is 31.9 Å². The van der Waals surface area contributed by atoms with Gasteiger partial charge in [0, 0.05) is 37.7 Å². The van der Waals surface area contributed by atoms with Gasteiger partial charge in [-0.15, -0.1) is 0 Å². The molecule has 0 amide bonds. The van der Waals surface area contributed by atoms with Crippen molar-refractivity contribution in [2.24, 2.45) is 0 Å². The first kappa shape index (κ1) is 49.5. The summed E-state index contributed by atoms with van der Waals surface area (Å²) >= 11 is 3.44. The Kier molecular flexibility index (Phi) is 26.8. The molecule has 2 heterocycles. The average Bonchev–Trinajstić information content (AvgIpc) is 3.71. The second-order valence-corrected chi connectivity index (χ2v) is 16.1. The normalized spacial score (nSPS) is 12.1. The smallest absolute Gasteiger partial charge is 0.394 e. The fourth-order valence-corrected chi connectivity index (χ4v) is 6.42. The first-order chi connectivity index (χ1) is 26.1. The van der Waals surface area contributed by atoms with E-state index in [-0.39, 0.29) is 0 Å². The Morgan fingerprint density at radius 2 is 0.945 bits per heavy atom. The Labute approximate surface area is 333 Å². The average molecular weight is 837 g/mol. The number of nitro groups is 2. The Hall–Kier alpha value is -3.47. The molecule has 0 spiro atoms. The van der Waals surface area contributed by atoms with Crippen molar-refractivity contribution in [3.8, 4) is 0 Å². The third kappa shape index (κ3) is 31.4. The molecule has 0 unspecified atom stereocenters. The van der Waals surface area contributed by atoms with Crippen LogP contribution < -0.4 is 21.3 Å². The highest BCUT2D eigenvalue weighted by atomic mass is 32.3. The van der Waals surface area contributed by atoms with Gasteiger partial charge in [0.05, 0.1) is 34.4 Å². The third-order valence-corrected chi connectivity index (χ3v) is 9.16. The summed E-state index contributed by atoms with van der Waals surface area (Å²) < 4.78 is 43.2. The molecule has 18 nitrogen and oxygen atoms in total. The van der Waals surface area contributed by atoms with Gasteiger partial charge in [-0.25, -0.2) is 0 Å². The van der Waals surface area contributed by atoms with Gasteiger partial charge in [0.2, 0.25) is 0 Å². The number of hydrogen-bond donors (Lipinski definition) is 6. The second-order valence-electron chi connectivity index (χ2n) is 13.0. The fraction of sp³-hybridized carbons (Fsp3) is 0.647. The zero-order chi connectivity index (χ0) is 40.9. The molecule has 0 aliphatic rings. The van der Waals surface area contributed by atoms with Crippen molar-refractivity contribution in [3.63, 3.8) is 0 Å². The molecular weight excluding hydrogens is 777 g/mol. The highest BCUT2D eigenvalue weighted by Gasteiger charge is 2.07. The Morgan fingerprint density at radius 3 is 1.27 bits per heavy atom. The highest BCUT2D eigenvalue weighted by molar-refractivity contribution is 7.98. The van der Waals surface area contributed by atoms with Crippen LogP contribution in [0.2, 0.25) is 0 Å². The molecule has 0 saturated carbocycles. The number of furan rings is 2. The molecule has 2 aromatic heterocycles. The van der Waals surface area contributed by atoms with Gasteiger partial charge >= 0.3 is 10.4 Å². The fourth-order valence-electron chi connectivity index (χ4n) is 4.93. The van der Waals surface area contributed by atoms with Gasteiger partial charge in [0.25, 0.3) is 12.4 Å². The molecule has 2 aromatic rings. The lowest BCUT2D eigenvalue weighted by Crippen LogP contribution is -2.29. The summed E-state index contributed by atoms with van der Waals surface area (Å²) in [5, 5.41) is 34.7. The van der Waals surface area contributed by atoms with E-state index in [9.17, 15) is 20.2 Å². The predicted molar refractivity (Wildman–Crippen MR) is 218 cm³/mol. The minimum Gasteiger partial charge on any atom is -0.464 e. The van der Waals surface area contributed by atoms with Crippen LogP contribution in [0.5, 0.6) is 0 Å². The number of rotatable bonds is 31. The van der Waals surface area contributed by atoms with Crippen LogP contribution in [0.4, 0.5) is 0 Å². The summed E-state index contributed by atoms with van der Waals surface area (Å²) in [6.45, 7) is 4.14. The van der Waals surface area contributed by atoms with Crippen molar-refractivity contribution in [2.75, 3.05) is 65.9 Å². The molecule has 0 aromatic carbocycles. The molecule has 0 fully saturated rings. The first-order valence-corrected chi connectivity index (χ1v) is 21.8. The predicted octanol–water partition coefficient (Wildman–Crippen LogP) is 5.14. The summed E-state index contributed by atoms with van der Waals surface area (Å²) in [5.41, 5.74) is 0. The zero-order valence-electron chi connectivity index (χ0n) is 32.4. The zero-order valence-corrected chi connectivity index (χ0v) is 34.8. The van der Waals surface area contributed by atoms with E-state index >= 15 is 0 Å². The van der Waals surface area contributed by atoms with E-state index in [1.165, 1.54) is 0 Å². The maximum atomic E-state index is 11.1. The van der Waals surface area contributed by atoms with E-state index in [2.05, 4.69) is 31.1 Å². The van der Waals surface area contributed by atoms with E-state index in [0.29, 0.717) is 37.8 Å². The monoisotopic (exact) mass is 836 g/mol. The van der Waals surface area contributed by atoms with Crippen molar-refractivity contribution in [2.45, 2.75) is 76.0 Å². The number of hydrogen-bond acceptors (Lipinski definition) is 16. The second kappa shape index (κ2) is 29.8. The van der Waals surface area contributed by atoms with Gasteiger partial charge in [-0.1, -0.05) is 38.5 Å². The number of unbranched alkanes of at least 4 members (excludes halogenated alkanes) is 7. The van der Waals surface area contributed by atoms with Crippen molar-refractivity contribution >= 4 is 33.9 Å². The van der Waals surface area contributed by atoms with E-state index in [1.807, 2.05) is 52.5 Å². The van der Waals surface area contributed by atoms with Crippen LogP contribution >= 0.6 is 23.5 Å². The van der Waals surface area contributed by atoms with Crippen molar-refractivity contribution in [1.82, 2.24) is 31.1 Å². The van der Waals surface area contributed by atoms with E-state index in [4.69, 9.17) is 26.4 Å². The SMILES string of the molecule is CN(C)Cc1ccc(CSCCN/C(=C/[N+](=O)[O-])NCCCCCCCCCCN/C(=C\[N+](=O)[O-])NCCSCc2ccc(CN(C)C)o2)o1.O=S(=O)(O)O. The third-order valence-electron chi connectivity index (χ3n) is 7.19. The van der Waals surface area contributed by atoms with Crippen LogP contribution in [0.1, 0.15) is 74.4 Å². The molecule has 0 radical (unpaired) electrons. The largest absolute Gasteiger partial charge is 0.464 e. The van der Waals surface area contributed by atoms with Crippen LogP contribution in [0.3, 0.4) is 0 Å². The van der Waals surface area contributed by atoms with E-state index in [1.54, 1.807) is 23.5 Å². The summed E-state index contributed by atoms with van der Waals surface area (Å²) in [6.07, 6.45) is 10.5. The molecule has 0 atom stereocenters. The summed E-state index contributed by atoms with van der Waals surface area (Å²) in [4.78, 5) is 25.4. The van der Waals surface area contributed by atoms with Crippen LogP contribution in [-0.4, -0.2) is 103 Å². The molecule has 55 heavy (non-hydrogen) atoms. The van der Waals surface area contributed by atoms with Crippen molar-refractivity contribution in [1.29, 1.82) is 0 Å². The lowest BCUT2D eigenvalue weighted by Gasteiger charge is -2.11. The minimum atomic E-state index is -4.67. The number of nitrogens with zero attached hydrogens (tertiary/aromatic N) is 4. The molecular formula is C34H60N8O10S3. The minimum absolute atomic E-state index is 0.435. The van der Waals surface area contributed by atoms with E-state index in [0.717, 1.165) is 123 Å². The summed E-state index contributed by atoms with van der Waals surface area (Å²) in [6, 6.07) is 8.00. The summed E-state index contributed by atoms with van der Waals surface area (Å²) in [7, 11) is 3.35. The summed E-state index contributed by atoms with van der Waals surface area (Å²) in [5.74, 6) is 7.78. The van der Waals surface area contributed by atoms with Crippen molar-refractivity contribution in [3.05, 3.63) is 91.6 Å². The van der Waals surface area contributed by atoms with Crippen LogP contribution in [0, 0.1) is 20.2 Å². The van der Waals surface area contributed by atoms with Crippen LogP contribution in [-0.2, 0) is 35.0 Å². The maximum Gasteiger partial charge on any atom is 0.394 e. The molecule has 2 rings (SSSR count). The lowest BCUT2D eigenvalue weighted by molar-refractivity contribution is -0.404. The van der Waals surface area contributed by atoms with Crippen LogP contribution in [0.15, 0.2) is 57.1 Å². The Morgan fingerprint density at radius 1 is 0.636 bits per heavy atom. The Bertz CT molecular complexity index is 1410. The molecule has 21 heteroatoms. The first-order valence-electron chi connectivity index (χ1n) is 18.1. The van der Waals surface area contributed by atoms with Gasteiger partial charge in [0.1, 0.15) is 23.0 Å². The van der Waals surface area contributed by atoms with Crippen molar-refractivity contribution < 1.29 is 36.2 Å². The van der Waals surface area contributed by atoms with Gasteiger partial charge in [-0.3, -0.25) is 29.3 Å². The molecule has 0 aliphatic carbocycles. The maximum absolute atomic E-state index is 11.1. The van der Waals surface area contributed by atoms with Gasteiger partial charge < -0.3 is 39.9 Å². The number of thioether (sulfide) groups is 2. The Balaban J connectivity index is 0.00000283. The van der Waals surface area contributed by atoms with Gasteiger partial charge in [-0.05, 0) is 65.3 Å². The highest BCUT2D eigenvalue weighted by Crippen LogP contribution is 2.17. The molecule has 0 saturated heterocycles. The quantitative estimate of drug-likeness (QED) is 0.0249. The standard InChI is InChI=1S/C34H58N8O6S2.H2O4S/c1-39(2)23-29-13-15-31(47-29)27-49-21-19-37-33(25-41(43)44)35-17-11-9-7-5-6-8-10-12-18-36-34(26-42(45)46)38-20-22-50-28-32-16-14-30(48-32)24-40(3)4;1-5(2,3)4/h13-16,25-26,35-38H,5-12,17-24,27-28H2,1-4H3;(H2,1,2,3,4)/b33-25+,34-26+;. The topological polar surface area (TPSA) is 242 Å². The molecule has 0 aliphatic heterocycles. The molecule has 6 N–H and O–H groups in total. The molecule has 0 bridgehead atoms. The number of nitrogens with one attached hydrogen (secondary N) is 4. The van der Waals surface area contributed by atoms with Gasteiger partial charge in [0.15, 0.2) is 11.6 Å². The van der Waals surface area contributed by atoms with Crippen LogP contribution in [0.25, 0.3) is 0 Å². The lowest BCUT2D eigenvalue weighted by atomic mass is 10.1. The van der Waals surface area contributed by atoms with E-state index < -0.39 is 20.2 Å². The molecule has 314 valence electrons.